The second-order valence-electron chi connectivity index (χ2n) is 16.5. The fourth-order valence-electron chi connectivity index (χ4n) is 8.43. The molecular formula is C51H59N7O7. The molecule has 14 heteroatoms. The molecule has 0 spiro atoms. The van der Waals surface area contributed by atoms with Crippen LogP contribution >= 0.6 is 0 Å². The molecular weight excluding hydrogens is 823 g/mol. The summed E-state index contributed by atoms with van der Waals surface area (Å²) in [7, 11) is 0. The molecule has 6 rings (SSSR count). The number of carbonyl (C=O) groups is 6. The van der Waals surface area contributed by atoms with Crippen molar-refractivity contribution in [2.24, 2.45) is 17.1 Å². The summed E-state index contributed by atoms with van der Waals surface area (Å²) >= 11 is 0. The molecule has 1 fully saturated rings. The molecule has 2 aliphatic heterocycles. The lowest BCUT2D eigenvalue weighted by Crippen LogP contribution is -2.60. The van der Waals surface area contributed by atoms with Crippen LogP contribution in [0.2, 0.25) is 0 Å². The first-order chi connectivity index (χ1) is 31.6. The molecule has 14 nitrogen and oxygen atoms in total. The maximum absolute atomic E-state index is 15.1. The maximum atomic E-state index is 15.1. The van der Waals surface area contributed by atoms with E-state index in [1.807, 2.05) is 66.8 Å². The molecule has 1 aliphatic carbocycles. The van der Waals surface area contributed by atoms with E-state index in [1.54, 1.807) is 23.1 Å². The van der Waals surface area contributed by atoms with Crippen LogP contribution in [0.15, 0.2) is 109 Å². The minimum atomic E-state index is -1.21. The number of amides is 6. The van der Waals surface area contributed by atoms with E-state index in [0.717, 1.165) is 28.3 Å². The van der Waals surface area contributed by atoms with Crippen molar-refractivity contribution in [3.05, 3.63) is 132 Å². The number of benzene rings is 3. The first-order valence-electron chi connectivity index (χ1n) is 22.3. The zero-order valence-electron chi connectivity index (χ0n) is 36.9. The molecule has 3 aromatic carbocycles. The van der Waals surface area contributed by atoms with Crippen LogP contribution in [0.3, 0.4) is 0 Å². The van der Waals surface area contributed by atoms with Gasteiger partial charge in [0.2, 0.25) is 35.4 Å². The van der Waals surface area contributed by atoms with Gasteiger partial charge in [-0.15, -0.1) is 0 Å². The normalized spacial score (nSPS) is 23.7. The van der Waals surface area contributed by atoms with Crippen LogP contribution in [0.25, 0.3) is 11.1 Å². The Morgan fingerprint density at radius 1 is 0.923 bits per heavy atom. The Hall–Kier alpha value is -6.82. The maximum Gasteiger partial charge on any atom is 0.246 e. The van der Waals surface area contributed by atoms with Crippen molar-refractivity contribution in [3.63, 3.8) is 0 Å². The van der Waals surface area contributed by atoms with E-state index in [4.69, 9.17) is 10.5 Å². The lowest BCUT2D eigenvalue weighted by molar-refractivity contribution is -0.144. The molecule has 2 heterocycles. The van der Waals surface area contributed by atoms with Gasteiger partial charge in [-0.2, -0.15) is 0 Å². The first kappa shape index (κ1) is 47.7. The molecule has 3 aromatic rings. The van der Waals surface area contributed by atoms with Gasteiger partial charge in [-0.25, -0.2) is 0 Å². The Bertz CT molecular complexity index is 2350. The number of hydrogen-bond acceptors (Lipinski definition) is 8. The van der Waals surface area contributed by atoms with Gasteiger partial charge in [0, 0.05) is 63.8 Å². The standard InChI is InChI=1S/C51H59N7O7/c1-36-12-7-10-17-42(36)38-20-18-37(19-21-38)32-44-49(63)55-34-40-14-9-8-13-39(40)33-46(60)56-43(48(62)54-28-31-65-30-26-52)24-27-53-45(59)22-23-47(61)58-29-11-25-51(35-58,50(64)57-44)41-15-5-3-2-4-6-16-41/h2-5,7-10,12-14,17-23,41,43-44H,11,15,24-35,52H2,1H3,(H,53,59)(H,54,62)(H,55,63)(H,56,60)(H,57,64)/b4-2-,5-3-,23-22+/t41?,43-,44-,51+/m0/s1. The molecule has 3 aliphatic rings. The van der Waals surface area contributed by atoms with E-state index in [9.17, 15) is 24.0 Å². The predicted octanol–water partition coefficient (Wildman–Crippen LogP) is 2.95. The van der Waals surface area contributed by atoms with Gasteiger partial charge in [-0.1, -0.05) is 103 Å². The van der Waals surface area contributed by atoms with Gasteiger partial charge in [0.25, 0.3) is 0 Å². The van der Waals surface area contributed by atoms with Gasteiger partial charge in [0.1, 0.15) is 12.1 Å². The van der Waals surface area contributed by atoms with E-state index >= 15 is 4.79 Å². The fraction of sp³-hybridized carbons (Fsp3) is 0.373. The van der Waals surface area contributed by atoms with Gasteiger partial charge in [-0.05, 0) is 72.1 Å². The number of nitrogens with two attached hydrogens (primary N) is 1. The Balaban J connectivity index is 1.33. The van der Waals surface area contributed by atoms with E-state index in [-0.39, 0.29) is 52.0 Å². The zero-order chi connectivity index (χ0) is 46.0. The van der Waals surface area contributed by atoms with Crippen LogP contribution < -0.4 is 32.3 Å². The number of allylic oxidation sites excluding steroid dienone is 4. The molecule has 1 saturated heterocycles. The SMILES string of the molecule is Cc1ccccc1-c1ccc(C[C@@H]2NC(=O)[C@]3(C4C#C/C=C\C=C/C4)CCCN(C3)C(=O)/C=C/C(=O)NCC[C@@H](C(=O)NCCOCCN)NC(=O)Cc3ccccc3CNC2=O)cc1. The molecule has 6 amide bonds. The third kappa shape index (κ3) is 13.4. The van der Waals surface area contributed by atoms with Gasteiger partial charge in [0.05, 0.1) is 25.0 Å². The van der Waals surface area contributed by atoms with E-state index in [1.165, 1.54) is 6.08 Å². The summed E-state index contributed by atoms with van der Waals surface area (Å²) in [5.41, 5.74) is 9.64. The molecule has 340 valence electrons. The number of ether oxygens (including phenoxy) is 1. The average molecular weight is 882 g/mol. The van der Waals surface area contributed by atoms with Crippen molar-refractivity contribution in [1.82, 2.24) is 31.5 Å². The molecule has 0 aromatic heterocycles. The zero-order valence-corrected chi connectivity index (χ0v) is 36.9. The topological polar surface area (TPSA) is 201 Å². The Labute approximate surface area is 380 Å². The number of nitrogens with one attached hydrogen (secondary N) is 5. The van der Waals surface area contributed by atoms with E-state index < -0.39 is 58.9 Å². The summed E-state index contributed by atoms with van der Waals surface area (Å²) in [4.78, 5) is 84.9. The van der Waals surface area contributed by atoms with Crippen molar-refractivity contribution >= 4 is 35.4 Å². The summed E-state index contributed by atoms with van der Waals surface area (Å²) in [6.07, 6.45) is 11.1. The van der Waals surface area contributed by atoms with Crippen LogP contribution in [-0.2, 0) is 52.9 Å². The highest BCUT2D eigenvalue weighted by atomic mass is 16.5. The number of fused-ring (bicyclic) bond motifs is 3. The van der Waals surface area contributed by atoms with Crippen molar-refractivity contribution in [1.29, 1.82) is 0 Å². The van der Waals surface area contributed by atoms with Crippen LogP contribution in [-0.4, -0.2) is 98.4 Å². The molecule has 65 heavy (non-hydrogen) atoms. The van der Waals surface area contributed by atoms with Gasteiger partial charge in [-0.3, -0.25) is 28.8 Å². The summed E-state index contributed by atoms with van der Waals surface area (Å²) in [5.74, 6) is 3.08. The number of rotatable bonds is 10. The van der Waals surface area contributed by atoms with Crippen LogP contribution in [0.5, 0.6) is 0 Å². The Morgan fingerprint density at radius 2 is 1.71 bits per heavy atom. The fourth-order valence-corrected chi connectivity index (χ4v) is 8.43. The molecule has 0 radical (unpaired) electrons. The van der Waals surface area contributed by atoms with Gasteiger partial charge >= 0.3 is 0 Å². The molecule has 2 bridgehead atoms. The highest BCUT2D eigenvalue weighted by molar-refractivity contribution is 5.97. The molecule has 0 saturated carbocycles. The molecule has 7 N–H and O–H groups in total. The van der Waals surface area contributed by atoms with E-state index in [2.05, 4.69) is 57.5 Å². The molecule has 4 atom stereocenters. The van der Waals surface area contributed by atoms with Gasteiger partial charge in [0.15, 0.2) is 0 Å². The van der Waals surface area contributed by atoms with Crippen molar-refractivity contribution in [2.45, 2.75) is 64.1 Å². The number of aryl methyl sites for hydroxylation is 1. The summed E-state index contributed by atoms with van der Waals surface area (Å²) in [6.45, 7) is 3.55. The van der Waals surface area contributed by atoms with Crippen molar-refractivity contribution in [3.8, 4) is 23.0 Å². The minimum Gasteiger partial charge on any atom is -0.378 e. The smallest absolute Gasteiger partial charge is 0.246 e. The highest BCUT2D eigenvalue weighted by Gasteiger charge is 2.49. The number of nitrogens with zero attached hydrogens (tertiary/aromatic N) is 1. The highest BCUT2D eigenvalue weighted by Crippen LogP contribution is 2.40. The summed E-state index contributed by atoms with van der Waals surface area (Å²) in [5, 5.41) is 14.5. The number of piperidine rings is 1. The lowest BCUT2D eigenvalue weighted by atomic mass is 9.67. The van der Waals surface area contributed by atoms with Crippen molar-refractivity contribution in [2.75, 3.05) is 45.9 Å². The van der Waals surface area contributed by atoms with Gasteiger partial charge < -0.3 is 42.0 Å². The first-order valence-corrected chi connectivity index (χ1v) is 22.3. The molecule has 1 unspecified atom stereocenters. The Kier molecular flexibility index (Phi) is 17.4. The second-order valence-corrected chi connectivity index (χ2v) is 16.5. The van der Waals surface area contributed by atoms with E-state index in [0.29, 0.717) is 50.1 Å². The second kappa shape index (κ2) is 23.7. The third-order valence-electron chi connectivity index (χ3n) is 12.0. The minimum absolute atomic E-state index is 0.00927. The Morgan fingerprint density at radius 3 is 2.51 bits per heavy atom. The summed E-state index contributed by atoms with van der Waals surface area (Å²) in [6, 6.07) is 21.2. The largest absolute Gasteiger partial charge is 0.378 e. The monoisotopic (exact) mass is 881 g/mol. The number of carbonyl (C=O) groups excluding carboxylic acids is 6. The predicted molar refractivity (Wildman–Crippen MR) is 248 cm³/mol. The van der Waals surface area contributed by atoms with Crippen LogP contribution in [0.4, 0.5) is 0 Å². The third-order valence-corrected chi connectivity index (χ3v) is 12.0. The number of hydrogen-bond donors (Lipinski definition) is 6. The van der Waals surface area contributed by atoms with Crippen LogP contribution in [0, 0.1) is 30.1 Å². The quantitative estimate of drug-likeness (QED) is 0.132. The van der Waals surface area contributed by atoms with Crippen molar-refractivity contribution < 1.29 is 33.5 Å². The average Bonchev–Trinajstić information content (AvgIpc) is 3.29. The summed E-state index contributed by atoms with van der Waals surface area (Å²) < 4.78 is 5.37. The van der Waals surface area contributed by atoms with Crippen LogP contribution in [0.1, 0.15) is 47.9 Å². The lowest BCUT2D eigenvalue weighted by Gasteiger charge is -2.45.